The topological polar surface area (TPSA) is 159 Å². The first-order valence-corrected chi connectivity index (χ1v) is 15.8. The highest BCUT2D eigenvalue weighted by Crippen LogP contribution is 2.22. The molecule has 0 spiro atoms. The van der Waals surface area contributed by atoms with Gasteiger partial charge in [-0.1, -0.05) is 61.9 Å². The summed E-state index contributed by atoms with van der Waals surface area (Å²) in [4.78, 5) is 37.9. The molecule has 3 amide bonds. The van der Waals surface area contributed by atoms with E-state index in [9.17, 15) is 27.9 Å². The van der Waals surface area contributed by atoms with Gasteiger partial charge in [-0.2, -0.15) is 4.31 Å². The largest absolute Gasteiger partial charge is 0.443 e. The molecule has 0 aliphatic rings. The van der Waals surface area contributed by atoms with Crippen molar-refractivity contribution in [1.29, 1.82) is 0 Å². The third-order valence-electron chi connectivity index (χ3n) is 6.53. The standard InChI is InChI=1S/C31H46N4O7S/c1-22(2)18-19-34(43(40,41)25-14-12-23(3)13-15-25)21-27(36)26(20-24-10-8-7-9-11-24)35(29(38)17-16-28(32)37)33-30(39)42-31(4,5)6/h7-15,22,26-27,36H,16-21H2,1-6H3,(H2,32,37)(H,33,39)/t26-,27+/m0/s1. The molecule has 238 valence electrons. The Morgan fingerprint density at radius 1 is 1.00 bits per heavy atom. The number of hydrogen-bond donors (Lipinski definition) is 3. The number of aliphatic hydroxyl groups is 1. The van der Waals surface area contributed by atoms with Crippen LogP contribution in [0.4, 0.5) is 4.79 Å². The Bertz CT molecular complexity index is 1310. The summed E-state index contributed by atoms with van der Waals surface area (Å²) in [5.41, 5.74) is 8.44. The fourth-order valence-corrected chi connectivity index (χ4v) is 5.71. The highest BCUT2D eigenvalue weighted by molar-refractivity contribution is 7.89. The van der Waals surface area contributed by atoms with Gasteiger partial charge in [0.2, 0.25) is 21.8 Å². The van der Waals surface area contributed by atoms with Crippen molar-refractivity contribution >= 4 is 27.9 Å². The lowest BCUT2D eigenvalue weighted by Gasteiger charge is -2.37. The number of carbonyl (C=O) groups excluding carboxylic acids is 3. The maximum absolute atomic E-state index is 13.8. The van der Waals surface area contributed by atoms with E-state index in [1.807, 2.05) is 26.8 Å². The molecule has 0 unspecified atom stereocenters. The van der Waals surface area contributed by atoms with Crippen molar-refractivity contribution < 1.29 is 32.6 Å². The van der Waals surface area contributed by atoms with E-state index in [1.165, 1.54) is 16.4 Å². The number of rotatable bonds is 14. The third-order valence-corrected chi connectivity index (χ3v) is 8.41. The van der Waals surface area contributed by atoms with Gasteiger partial charge in [-0.25, -0.2) is 23.6 Å². The number of hydrazine groups is 1. The number of nitrogens with zero attached hydrogens (tertiary/aromatic N) is 2. The summed E-state index contributed by atoms with van der Waals surface area (Å²) < 4.78 is 34.1. The average molecular weight is 619 g/mol. The van der Waals surface area contributed by atoms with Crippen LogP contribution in [-0.2, 0) is 30.8 Å². The second-order valence-electron chi connectivity index (χ2n) is 12.0. The van der Waals surface area contributed by atoms with Crippen molar-refractivity contribution in [3.05, 3.63) is 65.7 Å². The van der Waals surface area contributed by atoms with Gasteiger partial charge in [0.15, 0.2) is 0 Å². The van der Waals surface area contributed by atoms with Gasteiger partial charge in [0.1, 0.15) is 5.60 Å². The van der Waals surface area contributed by atoms with Gasteiger partial charge in [0.25, 0.3) is 0 Å². The number of nitrogens with one attached hydrogen (secondary N) is 1. The van der Waals surface area contributed by atoms with E-state index in [2.05, 4.69) is 5.43 Å². The molecule has 0 aromatic heterocycles. The fraction of sp³-hybridized carbons (Fsp3) is 0.516. The number of sulfonamides is 1. The first-order valence-electron chi connectivity index (χ1n) is 14.4. The van der Waals surface area contributed by atoms with Gasteiger partial charge >= 0.3 is 6.09 Å². The number of benzene rings is 2. The minimum Gasteiger partial charge on any atom is -0.443 e. The molecule has 0 saturated heterocycles. The zero-order valence-corrected chi connectivity index (χ0v) is 26.8. The molecule has 2 atom stereocenters. The normalized spacial score (nSPS) is 13.4. The van der Waals surface area contributed by atoms with Gasteiger partial charge in [0, 0.05) is 25.9 Å². The molecule has 0 saturated carbocycles. The van der Waals surface area contributed by atoms with Crippen LogP contribution in [-0.4, -0.2) is 71.6 Å². The van der Waals surface area contributed by atoms with Gasteiger partial charge in [-0.3, -0.25) is 9.59 Å². The van der Waals surface area contributed by atoms with Gasteiger partial charge in [0.05, 0.1) is 17.0 Å². The number of primary amides is 1. The lowest BCUT2D eigenvalue weighted by Crippen LogP contribution is -2.59. The van der Waals surface area contributed by atoms with E-state index < -0.39 is 45.7 Å². The Morgan fingerprint density at radius 2 is 1.60 bits per heavy atom. The quantitative estimate of drug-likeness (QED) is 0.273. The van der Waals surface area contributed by atoms with E-state index in [1.54, 1.807) is 57.2 Å². The number of amides is 3. The number of aryl methyl sites for hydroxylation is 1. The molecule has 0 aliphatic carbocycles. The van der Waals surface area contributed by atoms with Gasteiger partial charge in [-0.05, 0) is 64.2 Å². The van der Waals surface area contributed by atoms with Crippen LogP contribution in [0, 0.1) is 12.8 Å². The van der Waals surface area contributed by atoms with E-state index in [-0.39, 0.29) is 43.2 Å². The first kappa shape index (κ1) is 35.7. The van der Waals surface area contributed by atoms with Crippen LogP contribution in [0.25, 0.3) is 0 Å². The number of carbonyl (C=O) groups is 3. The Labute approximate surface area is 255 Å². The zero-order valence-electron chi connectivity index (χ0n) is 25.9. The van der Waals surface area contributed by atoms with E-state index in [0.717, 1.165) is 16.1 Å². The summed E-state index contributed by atoms with van der Waals surface area (Å²) in [6, 6.07) is 14.3. The first-order chi connectivity index (χ1) is 20.0. The Kier molecular flexibility index (Phi) is 13.2. The number of hydrogen-bond acceptors (Lipinski definition) is 7. The smallest absolute Gasteiger partial charge is 0.426 e. The van der Waals surface area contributed by atoms with Gasteiger partial charge < -0.3 is 15.6 Å². The molecular formula is C31H46N4O7S. The van der Waals surface area contributed by atoms with E-state index >= 15 is 0 Å². The van der Waals surface area contributed by atoms with Crippen molar-refractivity contribution in [3.8, 4) is 0 Å². The molecule has 2 aromatic carbocycles. The van der Waals surface area contributed by atoms with Crippen LogP contribution in [0.3, 0.4) is 0 Å². The third kappa shape index (κ3) is 12.0. The predicted octanol–water partition coefficient (Wildman–Crippen LogP) is 3.54. The molecule has 0 bridgehead atoms. The lowest BCUT2D eigenvalue weighted by atomic mass is 9.99. The van der Waals surface area contributed by atoms with Gasteiger partial charge in [-0.15, -0.1) is 0 Å². The second kappa shape index (κ2) is 15.8. The number of aliphatic hydroxyl groups excluding tert-OH is 1. The monoisotopic (exact) mass is 618 g/mol. The lowest BCUT2D eigenvalue weighted by molar-refractivity contribution is -0.142. The van der Waals surface area contributed by atoms with E-state index in [0.29, 0.717) is 6.42 Å². The molecule has 2 rings (SSSR count). The minimum absolute atomic E-state index is 0.0582. The summed E-state index contributed by atoms with van der Waals surface area (Å²) in [6.45, 7) is 10.5. The number of ether oxygens (including phenoxy) is 1. The van der Waals surface area contributed by atoms with Crippen molar-refractivity contribution in [2.24, 2.45) is 11.7 Å². The minimum atomic E-state index is -4.03. The van der Waals surface area contributed by atoms with Crippen LogP contribution in [0.5, 0.6) is 0 Å². The molecule has 0 aliphatic heterocycles. The Morgan fingerprint density at radius 3 is 2.14 bits per heavy atom. The zero-order chi connectivity index (χ0) is 32.4. The summed E-state index contributed by atoms with van der Waals surface area (Å²) in [5, 5.41) is 12.7. The molecule has 4 N–H and O–H groups in total. The molecule has 12 heteroatoms. The highest BCUT2D eigenvalue weighted by Gasteiger charge is 2.36. The fourth-order valence-electron chi connectivity index (χ4n) is 4.24. The van der Waals surface area contributed by atoms with Crippen molar-refractivity contribution in [2.45, 2.75) is 89.9 Å². The summed E-state index contributed by atoms with van der Waals surface area (Å²) in [7, 11) is -4.03. The predicted molar refractivity (Wildman–Crippen MR) is 164 cm³/mol. The average Bonchev–Trinajstić information content (AvgIpc) is 2.91. The number of nitrogens with two attached hydrogens (primary N) is 1. The van der Waals surface area contributed by atoms with Crippen LogP contribution >= 0.6 is 0 Å². The molecule has 0 radical (unpaired) electrons. The molecule has 0 heterocycles. The molecule has 43 heavy (non-hydrogen) atoms. The Hall–Kier alpha value is -3.48. The maximum Gasteiger partial charge on any atom is 0.426 e. The van der Waals surface area contributed by atoms with Crippen LogP contribution in [0.15, 0.2) is 59.5 Å². The molecule has 2 aromatic rings. The summed E-state index contributed by atoms with van der Waals surface area (Å²) in [6.07, 6.45) is -2.46. The van der Waals surface area contributed by atoms with Crippen LogP contribution < -0.4 is 11.2 Å². The summed E-state index contributed by atoms with van der Waals surface area (Å²) in [5.74, 6) is -1.23. The van der Waals surface area contributed by atoms with Crippen molar-refractivity contribution in [2.75, 3.05) is 13.1 Å². The van der Waals surface area contributed by atoms with E-state index in [4.69, 9.17) is 10.5 Å². The maximum atomic E-state index is 13.8. The molecule has 0 fully saturated rings. The Balaban J connectivity index is 2.54. The van der Waals surface area contributed by atoms with Crippen molar-refractivity contribution in [3.63, 3.8) is 0 Å². The SMILES string of the molecule is Cc1ccc(S(=O)(=O)N(CCC(C)C)C[C@@H](O)[C@H](Cc2ccccc2)N(NC(=O)OC(C)(C)C)C(=O)CCC(N)=O)cc1. The van der Waals surface area contributed by atoms with Crippen molar-refractivity contribution in [1.82, 2.24) is 14.7 Å². The highest BCUT2D eigenvalue weighted by atomic mass is 32.2. The van der Waals surface area contributed by atoms with Crippen LogP contribution in [0.1, 0.15) is 65.0 Å². The van der Waals surface area contributed by atoms with Crippen LogP contribution in [0.2, 0.25) is 0 Å². The molecular weight excluding hydrogens is 572 g/mol. The molecule has 11 nitrogen and oxygen atoms in total. The summed E-state index contributed by atoms with van der Waals surface area (Å²) >= 11 is 0. The second-order valence-corrected chi connectivity index (χ2v) is 14.0.